The molecule has 4 saturated heterocycles. The zero-order chi connectivity index (χ0) is 17.2. The van der Waals surface area contributed by atoms with E-state index >= 15 is 0 Å². The molecule has 25 heavy (non-hydrogen) atoms. The van der Waals surface area contributed by atoms with Crippen LogP contribution >= 0.6 is 0 Å². The van der Waals surface area contributed by atoms with Gasteiger partial charge in [0.05, 0.1) is 6.17 Å². The molecule has 4 fully saturated rings. The number of nitrogens with one attached hydrogen (secondary N) is 4. The van der Waals surface area contributed by atoms with Gasteiger partial charge in [-0.25, -0.2) is 0 Å². The topological polar surface area (TPSA) is 68.4 Å². The Morgan fingerprint density at radius 3 is 2.72 bits per heavy atom. The van der Waals surface area contributed by atoms with Gasteiger partial charge in [0.2, 0.25) is 5.91 Å². The van der Waals surface area contributed by atoms with E-state index < -0.39 is 0 Å². The Morgan fingerprint density at radius 2 is 1.80 bits per heavy atom. The molecular formula is C19H35N5O. The van der Waals surface area contributed by atoms with E-state index in [0.717, 1.165) is 25.4 Å². The van der Waals surface area contributed by atoms with Crippen LogP contribution < -0.4 is 21.3 Å². The van der Waals surface area contributed by atoms with Gasteiger partial charge in [0, 0.05) is 37.8 Å². The molecule has 4 aliphatic heterocycles. The maximum atomic E-state index is 12.9. The maximum absolute atomic E-state index is 12.9. The van der Waals surface area contributed by atoms with Crippen LogP contribution in [0.4, 0.5) is 0 Å². The van der Waals surface area contributed by atoms with Crippen molar-refractivity contribution in [2.45, 2.75) is 82.2 Å². The Bertz CT molecular complexity index is 473. The molecule has 4 aliphatic rings. The quantitative estimate of drug-likeness (QED) is 0.510. The van der Waals surface area contributed by atoms with Gasteiger partial charge in [-0.2, -0.15) is 0 Å². The first-order chi connectivity index (χ1) is 12.2. The third-order valence-electron chi connectivity index (χ3n) is 6.87. The maximum Gasteiger partial charge on any atom is 0.239 e. The van der Waals surface area contributed by atoms with Gasteiger partial charge in [-0.1, -0.05) is 12.8 Å². The van der Waals surface area contributed by atoms with E-state index in [4.69, 9.17) is 0 Å². The van der Waals surface area contributed by atoms with E-state index in [1.807, 2.05) is 0 Å². The van der Waals surface area contributed by atoms with Gasteiger partial charge >= 0.3 is 0 Å². The summed E-state index contributed by atoms with van der Waals surface area (Å²) in [7, 11) is 0. The Hall–Kier alpha value is -0.690. The molecule has 6 heteroatoms. The van der Waals surface area contributed by atoms with Crippen molar-refractivity contribution in [2.75, 3.05) is 26.2 Å². The van der Waals surface area contributed by atoms with Gasteiger partial charge in [0.15, 0.2) is 0 Å². The summed E-state index contributed by atoms with van der Waals surface area (Å²) in [5.41, 5.74) is 0. The third-order valence-corrected chi connectivity index (χ3v) is 6.87. The second kappa shape index (κ2) is 7.91. The number of rotatable bonds is 0. The Labute approximate surface area is 151 Å². The number of carbonyl (C=O) groups excluding carboxylic acids is 1. The second-order valence-corrected chi connectivity index (χ2v) is 8.52. The molecule has 0 aliphatic carbocycles. The van der Waals surface area contributed by atoms with E-state index in [1.54, 1.807) is 0 Å². The van der Waals surface area contributed by atoms with Crippen LogP contribution in [0, 0.1) is 5.92 Å². The second-order valence-electron chi connectivity index (χ2n) is 8.52. The summed E-state index contributed by atoms with van der Waals surface area (Å²) in [5.74, 6) is 0.981. The van der Waals surface area contributed by atoms with Crippen LogP contribution in [0.25, 0.3) is 0 Å². The van der Waals surface area contributed by atoms with Crippen LogP contribution in [0.1, 0.15) is 51.9 Å². The number of fused-ring (bicyclic) bond motifs is 2. The fraction of sp³-hybridized carbons (Fsp3) is 0.947. The molecule has 0 radical (unpaired) electrons. The fourth-order valence-electron chi connectivity index (χ4n) is 5.37. The van der Waals surface area contributed by atoms with E-state index in [-0.39, 0.29) is 24.0 Å². The van der Waals surface area contributed by atoms with Gasteiger partial charge in [-0.3, -0.25) is 15.0 Å². The minimum Gasteiger partial charge on any atom is -0.351 e. The molecule has 0 saturated carbocycles. The Kier molecular flexibility index (Phi) is 5.60. The smallest absolute Gasteiger partial charge is 0.239 e. The van der Waals surface area contributed by atoms with Crippen LogP contribution in [0.5, 0.6) is 0 Å². The molecule has 4 N–H and O–H groups in total. The zero-order valence-corrected chi connectivity index (χ0v) is 15.6. The van der Waals surface area contributed by atoms with E-state index in [1.165, 1.54) is 51.6 Å². The van der Waals surface area contributed by atoms with Crippen molar-refractivity contribution in [3.8, 4) is 0 Å². The molecule has 6 atom stereocenters. The van der Waals surface area contributed by atoms with Crippen molar-refractivity contribution < 1.29 is 4.79 Å². The average molecular weight is 350 g/mol. The normalized spacial score (nSPS) is 43.8. The largest absolute Gasteiger partial charge is 0.351 e. The van der Waals surface area contributed by atoms with Gasteiger partial charge in [0.25, 0.3) is 0 Å². The SMILES string of the molecule is C[C@H]1NC(=O)C2NCCNC2CCCCCN2CCC3CCC1NC32. The van der Waals surface area contributed by atoms with Crippen LogP contribution in [-0.2, 0) is 4.79 Å². The number of hydrogen-bond acceptors (Lipinski definition) is 5. The average Bonchev–Trinajstić information content (AvgIpc) is 3.03. The molecule has 6 nitrogen and oxygen atoms in total. The lowest BCUT2D eigenvalue weighted by Gasteiger charge is -2.41. The summed E-state index contributed by atoms with van der Waals surface area (Å²) in [4.78, 5) is 15.5. The van der Waals surface area contributed by atoms with Crippen LogP contribution in [-0.4, -0.2) is 67.3 Å². The molecule has 2 bridgehead atoms. The third kappa shape index (κ3) is 3.87. The number of piperazine rings is 1. The highest BCUT2D eigenvalue weighted by molar-refractivity contribution is 5.83. The Morgan fingerprint density at radius 1 is 0.920 bits per heavy atom. The first-order valence-corrected chi connectivity index (χ1v) is 10.5. The van der Waals surface area contributed by atoms with Crippen LogP contribution in [0.3, 0.4) is 0 Å². The molecular weight excluding hydrogens is 314 g/mol. The lowest BCUT2D eigenvalue weighted by Crippen LogP contribution is -2.65. The number of piperidine rings is 1. The number of hydrogen-bond donors (Lipinski definition) is 4. The molecule has 1 amide bonds. The highest BCUT2D eigenvalue weighted by Gasteiger charge is 2.40. The standard InChI is InChI=1S/C19H35N5O/c1-13-15-7-6-14-8-12-24(18(14)23-15)11-4-2-3-5-16-17(19(25)22-13)21-10-9-20-16/h13-18,20-21,23H,2-12H2,1H3,(H,22,25)/t13-,14?,15?,16?,17?,18?/m1/s1. The number of amides is 1. The molecule has 142 valence electrons. The van der Waals surface area contributed by atoms with Crippen LogP contribution in [0.2, 0.25) is 0 Å². The van der Waals surface area contributed by atoms with Crippen molar-refractivity contribution in [2.24, 2.45) is 5.92 Å². The predicted molar refractivity (Wildman–Crippen MR) is 99.3 cm³/mol. The molecule has 4 rings (SSSR count). The Balaban J connectivity index is 1.47. The summed E-state index contributed by atoms with van der Waals surface area (Å²) in [6.07, 6.45) is 9.18. The lowest BCUT2D eigenvalue weighted by atomic mass is 9.88. The number of carbonyl (C=O) groups is 1. The molecule has 4 heterocycles. The van der Waals surface area contributed by atoms with Crippen molar-refractivity contribution in [3.05, 3.63) is 0 Å². The molecule has 0 aromatic carbocycles. The van der Waals surface area contributed by atoms with E-state index in [2.05, 4.69) is 33.1 Å². The summed E-state index contributed by atoms with van der Waals surface area (Å²) >= 11 is 0. The van der Waals surface area contributed by atoms with Gasteiger partial charge < -0.3 is 16.0 Å². The molecule has 0 aromatic heterocycles. The first-order valence-electron chi connectivity index (χ1n) is 10.5. The minimum atomic E-state index is -0.0848. The van der Waals surface area contributed by atoms with Crippen molar-refractivity contribution in [1.29, 1.82) is 0 Å². The van der Waals surface area contributed by atoms with Crippen molar-refractivity contribution in [1.82, 2.24) is 26.2 Å². The molecule has 5 unspecified atom stereocenters. The predicted octanol–water partition coefficient (Wildman–Crippen LogP) is 0.395. The summed E-state index contributed by atoms with van der Waals surface area (Å²) in [5, 5.41) is 14.2. The summed E-state index contributed by atoms with van der Waals surface area (Å²) in [6.45, 7) is 6.48. The first kappa shape index (κ1) is 17.7. The zero-order valence-electron chi connectivity index (χ0n) is 15.6. The van der Waals surface area contributed by atoms with E-state index in [9.17, 15) is 4.79 Å². The van der Waals surface area contributed by atoms with Crippen molar-refractivity contribution in [3.63, 3.8) is 0 Å². The van der Waals surface area contributed by atoms with Crippen molar-refractivity contribution >= 4 is 5.91 Å². The lowest BCUT2D eigenvalue weighted by molar-refractivity contribution is -0.125. The fourth-order valence-corrected chi connectivity index (χ4v) is 5.37. The summed E-state index contributed by atoms with van der Waals surface area (Å²) in [6, 6.07) is 0.762. The van der Waals surface area contributed by atoms with Crippen LogP contribution in [0.15, 0.2) is 0 Å². The van der Waals surface area contributed by atoms with Gasteiger partial charge in [-0.05, 0) is 51.5 Å². The summed E-state index contributed by atoms with van der Waals surface area (Å²) < 4.78 is 0. The minimum absolute atomic E-state index is 0.0848. The highest BCUT2D eigenvalue weighted by atomic mass is 16.2. The monoisotopic (exact) mass is 349 g/mol. The molecule has 0 aromatic rings. The van der Waals surface area contributed by atoms with Gasteiger partial charge in [0.1, 0.15) is 6.04 Å². The van der Waals surface area contributed by atoms with Gasteiger partial charge in [-0.15, -0.1) is 0 Å². The highest BCUT2D eigenvalue weighted by Crippen LogP contribution is 2.32. The number of nitrogens with zero attached hydrogens (tertiary/aromatic N) is 1. The van der Waals surface area contributed by atoms with E-state index in [0.29, 0.717) is 12.2 Å². The molecule has 0 spiro atoms.